The van der Waals surface area contributed by atoms with Crippen molar-refractivity contribution < 1.29 is 23.8 Å². The van der Waals surface area contributed by atoms with Crippen molar-refractivity contribution in [3.63, 3.8) is 0 Å². The molecule has 140 valence electrons. The van der Waals surface area contributed by atoms with Gasteiger partial charge in [-0.05, 0) is 36.4 Å². The number of nitrogens with zero attached hydrogens (tertiary/aromatic N) is 2. The highest BCUT2D eigenvalue weighted by atomic mass is 16.5. The van der Waals surface area contributed by atoms with E-state index in [2.05, 4.69) is 4.90 Å². The molecular formula is C19H24N2O5. The van der Waals surface area contributed by atoms with Gasteiger partial charge in [-0.25, -0.2) is 0 Å². The average Bonchev–Trinajstić information content (AvgIpc) is 3.21. The monoisotopic (exact) mass is 360 g/mol. The lowest BCUT2D eigenvalue weighted by atomic mass is 10.2. The van der Waals surface area contributed by atoms with E-state index >= 15 is 0 Å². The molecule has 7 heteroatoms. The molecule has 1 aromatic carbocycles. The van der Waals surface area contributed by atoms with E-state index in [0.29, 0.717) is 44.2 Å². The van der Waals surface area contributed by atoms with E-state index < -0.39 is 6.10 Å². The number of β-amino-alcohol motifs (C(OH)–C–C–N with tert-alkyl or cyclic N) is 1. The topological polar surface area (TPSA) is 75.4 Å². The molecule has 0 aliphatic carbocycles. The van der Waals surface area contributed by atoms with Gasteiger partial charge in [-0.15, -0.1) is 0 Å². The lowest BCUT2D eigenvalue weighted by molar-refractivity contribution is 0.0389. The van der Waals surface area contributed by atoms with Crippen LogP contribution >= 0.6 is 0 Å². The van der Waals surface area contributed by atoms with Gasteiger partial charge in [0.05, 0.1) is 13.4 Å². The molecule has 2 heterocycles. The minimum absolute atomic E-state index is 0.0852. The van der Waals surface area contributed by atoms with Gasteiger partial charge < -0.3 is 23.9 Å². The lowest BCUT2D eigenvalue weighted by Crippen LogP contribution is -2.50. The largest absolute Gasteiger partial charge is 0.497 e. The average molecular weight is 360 g/mol. The number of carbonyl (C=O) groups excluding carboxylic acids is 1. The molecule has 0 saturated carbocycles. The highest BCUT2D eigenvalue weighted by Gasteiger charge is 2.24. The zero-order valence-electron chi connectivity index (χ0n) is 14.8. The van der Waals surface area contributed by atoms with Gasteiger partial charge in [-0.3, -0.25) is 9.69 Å². The molecule has 7 nitrogen and oxygen atoms in total. The first-order chi connectivity index (χ1) is 12.7. The summed E-state index contributed by atoms with van der Waals surface area (Å²) in [6, 6.07) is 10.6. The van der Waals surface area contributed by atoms with E-state index in [1.165, 1.54) is 6.26 Å². The zero-order chi connectivity index (χ0) is 18.4. The minimum Gasteiger partial charge on any atom is -0.497 e. The Bertz CT molecular complexity index is 678. The van der Waals surface area contributed by atoms with E-state index in [1.54, 1.807) is 24.1 Å². The number of benzene rings is 1. The van der Waals surface area contributed by atoms with E-state index in [0.717, 1.165) is 5.75 Å². The third-order valence-corrected chi connectivity index (χ3v) is 4.36. The second-order valence-electron chi connectivity index (χ2n) is 6.21. The van der Waals surface area contributed by atoms with Gasteiger partial charge in [0.25, 0.3) is 5.91 Å². The summed E-state index contributed by atoms with van der Waals surface area (Å²) in [5.41, 5.74) is 0. The van der Waals surface area contributed by atoms with E-state index in [1.807, 2.05) is 24.3 Å². The molecule has 2 aromatic rings. The first kappa shape index (κ1) is 18.3. The van der Waals surface area contributed by atoms with Gasteiger partial charge >= 0.3 is 0 Å². The van der Waals surface area contributed by atoms with Crippen LogP contribution in [0.1, 0.15) is 10.6 Å². The third kappa shape index (κ3) is 4.77. The smallest absolute Gasteiger partial charge is 0.289 e. The maximum atomic E-state index is 12.2. The number of furan rings is 1. The van der Waals surface area contributed by atoms with E-state index in [9.17, 15) is 9.90 Å². The Kier molecular flexibility index (Phi) is 6.14. The first-order valence-corrected chi connectivity index (χ1v) is 8.66. The number of hydrogen-bond acceptors (Lipinski definition) is 6. The number of piperazine rings is 1. The number of rotatable bonds is 7. The second kappa shape index (κ2) is 8.73. The van der Waals surface area contributed by atoms with Crippen LogP contribution < -0.4 is 9.47 Å². The van der Waals surface area contributed by atoms with Gasteiger partial charge in [0, 0.05) is 32.7 Å². The van der Waals surface area contributed by atoms with E-state index in [4.69, 9.17) is 13.9 Å². The molecule has 1 aliphatic rings. The Morgan fingerprint density at radius 1 is 1.15 bits per heavy atom. The molecule has 1 atom stereocenters. The Hall–Kier alpha value is -2.51. The second-order valence-corrected chi connectivity index (χ2v) is 6.21. The summed E-state index contributed by atoms with van der Waals surface area (Å²) in [5, 5.41) is 10.2. The van der Waals surface area contributed by atoms with Crippen LogP contribution in [-0.4, -0.2) is 73.4 Å². The molecule has 0 bridgehead atoms. The quantitative estimate of drug-likeness (QED) is 0.806. The first-order valence-electron chi connectivity index (χ1n) is 8.66. The summed E-state index contributed by atoms with van der Waals surface area (Å²) < 4.78 is 15.9. The molecule has 1 unspecified atom stereocenters. The van der Waals surface area contributed by atoms with Crippen LogP contribution in [0.25, 0.3) is 0 Å². The number of aliphatic hydroxyl groups excluding tert-OH is 1. The minimum atomic E-state index is -0.593. The van der Waals surface area contributed by atoms with Crippen LogP contribution in [0.15, 0.2) is 47.1 Å². The Labute approximate surface area is 152 Å². The number of methoxy groups -OCH3 is 1. The Morgan fingerprint density at radius 3 is 2.46 bits per heavy atom. The Balaban J connectivity index is 1.39. The predicted molar refractivity (Wildman–Crippen MR) is 95.5 cm³/mol. The van der Waals surface area contributed by atoms with Crippen LogP contribution in [0.4, 0.5) is 0 Å². The fourth-order valence-corrected chi connectivity index (χ4v) is 2.90. The van der Waals surface area contributed by atoms with Crippen LogP contribution in [0.5, 0.6) is 11.5 Å². The van der Waals surface area contributed by atoms with Crippen molar-refractivity contribution in [2.45, 2.75) is 6.10 Å². The molecule has 1 saturated heterocycles. The maximum absolute atomic E-state index is 12.2. The van der Waals surface area contributed by atoms with Crippen molar-refractivity contribution in [3.8, 4) is 11.5 Å². The van der Waals surface area contributed by atoms with Gasteiger partial charge in [-0.2, -0.15) is 0 Å². The van der Waals surface area contributed by atoms with Crippen molar-refractivity contribution in [2.24, 2.45) is 0 Å². The van der Waals surface area contributed by atoms with Crippen LogP contribution in [-0.2, 0) is 0 Å². The highest BCUT2D eigenvalue weighted by molar-refractivity contribution is 5.91. The van der Waals surface area contributed by atoms with Crippen molar-refractivity contribution in [2.75, 3.05) is 46.4 Å². The molecule has 1 aliphatic heterocycles. The van der Waals surface area contributed by atoms with Gasteiger partial charge in [-0.1, -0.05) is 0 Å². The summed E-state index contributed by atoms with van der Waals surface area (Å²) in [6.07, 6.45) is 0.910. The van der Waals surface area contributed by atoms with Gasteiger partial charge in [0.15, 0.2) is 5.76 Å². The van der Waals surface area contributed by atoms with Gasteiger partial charge in [0.1, 0.15) is 24.2 Å². The zero-order valence-corrected chi connectivity index (χ0v) is 14.8. The number of amides is 1. The van der Waals surface area contributed by atoms with Gasteiger partial charge in [0.2, 0.25) is 0 Å². The van der Waals surface area contributed by atoms with Crippen molar-refractivity contribution in [1.29, 1.82) is 0 Å². The van der Waals surface area contributed by atoms with Crippen LogP contribution in [0.2, 0.25) is 0 Å². The summed E-state index contributed by atoms with van der Waals surface area (Å²) in [5.74, 6) is 1.74. The normalized spacial score (nSPS) is 16.3. The molecule has 1 amide bonds. The summed E-state index contributed by atoms with van der Waals surface area (Å²) >= 11 is 0. The number of hydrogen-bond donors (Lipinski definition) is 1. The lowest BCUT2D eigenvalue weighted by Gasteiger charge is -2.35. The number of ether oxygens (including phenoxy) is 2. The molecule has 1 fully saturated rings. The molecule has 3 rings (SSSR count). The highest BCUT2D eigenvalue weighted by Crippen LogP contribution is 2.17. The standard InChI is InChI=1S/C19H24N2O5/c1-24-16-4-6-17(7-5-16)26-14-15(22)13-20-8-10-21(11-9-20)19(23)18-3-2-12-25-18/h2-7,12,15,22H,8-11,13-14H2,1H3. The maximum Gasteiger partial charge on any atom is 0.289 e. The van der Waals surface area contributed by atoms with E-state index in [-0.39, 0.29) is 12.5 Å². The summed E-state index contributed by atoms with van der Waals surface area (Å²) in [4.78, 5) is 16.1. The predicted octanol–water partition coefficient (Wildman–Crippen LogP) is 1.49. The number of carbonyl (C=O) groups is 1. The van der Waals surface area contributed by atoms with Crippen molar-refractivity contribution in [3.05, 3.63) is 48.4 Å². The summed E-state index contributed by atoms with van der Waals surface area (Å²) in [7, 11) is 1.61. The molecule has 1 aromatic heterocycles. The SMILES string of the molecule is COc1ccc(OCC(O)CN2CCN(C(=O)c3ccco3)CC2)cc1. The molecule has 1 N–H and O–H groups in total. The van der Waals surface area contributed by atoms with Crippen LogP contribution in [0, 0.1) is 0 Å². The number of aliphatic hydroxyl groups is 1. The fraction of sp³-hybridized carbons (Fsp3) is 0.421. The fourth-order valence-electron chi connectivity index (χ4n) is 2.90. The van der Waals surface area contributed by atoms with Crippen molar-refractivity contribution >= 4 is 5.91 Å². The molecular weight excluding hydrogens is 336 g/mol. The molecule has 0 spiro atoms. The summed E-state index contributed by atoms with van der Waals surface area (Å²) in [6.45, 7) is 3.39. The molecule has 26 heavy (non-hydrogen) atoms. The van der Waals surface area contributed by atoms with Crippen LogP contribution in [0.3, 0.4) is 0 Å². The Morgan fingerprint density at radius 2 is 1.85 bits per heavy atom. The van der Waals surface area contributed by atoms with Crippen molar-refractivity contribution in [1.82, 2.24) is 9.80 Å². The third-order valence-electron chi connectivity index (χ3n) is 4.36. The molecule has 0 radical (unpaired) electrons.